The van der Waals surface area contributed by atoms with E-state index in [-0.39, 0.29) is 12.5 Å². The molecule has 172 valence electrons. The molecule has 0 aromatic heterocycles. The number of amides is 1. The standard InChI is InChI=1S/C27H35ClN2O2/c1-29-18-22-17-19(3-2-16-31)4-15-26(22)20-7-11-24(12-8-20)30(25-13-14-25)27(32)21-5-9-23(28)10-6-21/h4-6,9-10,15,17,20,24-25,29,31H,2-3,7-8,11-14,16,18H2,1H3/t20-,24-. The summed E-state index contributed by atoms with van der Waals surface area (Å²) in [4.78, 5) is 15.5. The van der Waals surface area contributed by atoms with Crippen molar-refractivity contribution in [3.05, 3.63) is 69.7 Å². The van der Waals surface area contributed by atoms with Crippen LogP contribution in [0.1, 0.15) is 77.9 Å². The first-order chi connectivity index (χ1) is 15.6. The molecule has 5 heteroatoms. The summed E-state index contributed by atoms with van der Waals surface area (Å²) in [6.45, 7) is 1.10. The molecule has 0 saturated heterocycles. The first-order valence-corrected chi connectivity index (χ1v) is 12.4. The summed E-state index contributed by atoms with van der Waals surface area (Å²) in [6.07, 6.45) is 8.34. The molecule has 0 atom stereocenters. The number of rotatable bonds is 9. The van der Waals surface area contributed by atoms with Crippen molar-refractivity contribution in [1.29, 1.82) is 0 Å². The Labute approximate surface area is 197 Å². The summed E-state index contributed by atoms with van der Waals surface area (Å²) < 4.78 is 0. The number of hydrogen-bond acceptors (Lipinski definition) is 3. The third-order valence-electron chi connectivity index (χ3n) is 6.99. The van der Waals surface area contributed by atoms with Crippen LogP contribution in [0.25, 0.3) is 0 Å². The van der Waals surface area contributed by atoms with Gasteiger partial charge >= 0.3 is 0 Å². The Balaban J connectivity index is 1.44. The summed E-state index contributed by atoms with van der Waals surface area (Å²) in [5, 5.41) is 13.1. The molecule has 2 saturated carbocycles. The van der Waals surface area contributed by atoms with Gasteiger partial charge in [0.25, 0.3) is 5.91 Å². The van der Waals surface area contributed by atoms with Gasteiger partial charge in [-0.25, -0.2) is 0 Å². The Hall–Kier alpha value is -1.88. The number of nitrogens with one attached hydrogen (secondary N) is 1. The molecule has 32 heavy (non-hydrogen) atoms. The second kappa shape index (κ2) is 10.8. The number of hydrogen-bond donors (Lipinski definition) is 2. The molecule has 2 aliphatic carbocycles. The molecular weight excluding hydrogens is 420 g/mol. The zero-order valence-corrected chi connectivity index (χ0v) is 19.8. The fourth-order valence-electron chi connectivity index (χ4n) is 5.23. The first-order valence-electron chi connectivity index (χ1n) is 12.1. The summed E-state index contributed by atoms with van der Waals surface area (Å²) in [5.74, 6) is 0.713. The van der Waals surface area contributed by atoms with E-state index in [9.17, 15) is 4.79 Å². The number of benzene rings is 2. The highest BCUT2D eigenvalue weighted by molar-refractivity contribution is 6.30. The van der Waals surface area contributed by atoms with Gasteiger partial charge in [0.1, 0.15) is 0 Å². The van der Waals surface area contributed by atoms with Crippen LogP contribution in [0.5, 0.6) is 0 Å². The van der Waals surface area contributed by atoms with Gasteiger partial charge in [0.15, 0.2) is 0 Å². The van der Waals surface area contributed by atoms with Crippen LogP contribution in [0.2, 0.25) is 5.02 Å². The number of aliphatic hydroxyl groups excluding tert-OH is 1. The molecule has 4 rings (SSSR count). The summed E-state index contributed by atoms with van der Waals surface area (Å²) in [5.41, 5.74) is 4.88. The quantitative estimate of drug-likeness (QED) is 0.539. The van der Waals surface area contributed by atoms with Gasteiger partial charge in [-0.3, -0.25) is 4.79 Å². The van der Waals surface area contributed by atoms with Crippen LogP contribution >= 0.6 is 11.6 Å². The molecule has 0 unspecified atom stereocenters. The van der Waals surface area contributed by atoms with Crippen LogP contribution in [-0.2, 0) is 13.0 Å². The summed E-state index contributed by atoms with van der Waals surface area (Å²) in [6, 6.07) is 14.9. The van der Waals surface area contributed by atoms with Gasteiger partial charge in [-0.05, 0) is 105 Å². The maximum absolute atomic E-state index is 13.3. The van der Waals surface area contributed by atoms with Crippen molar-refractivity contribution in [3.8, 4) is 0 Å². The Morgan fingerprint density at radius 2 is 1.69 bits per heavy atom. The number of nitrogens with zero attached hydrogens (tertiary/aromatic N) is 1. The van der Waals surface area contributed by atoms with E-state index in [1.807, 2.05) is 31.3 Å². The largest absolute Gasteiger partial charge is 0.396 e. The summed E-state index contributed by atoms with van der Waals surface area (Å²) in [7, 11) is 2.00. The van der Waals surface area contributed by atoms with Crippen LogP contribution < -0.4 is 5.32 Å². The van der Waals surface area contributed by atoms with Crippen molar-refractivity contribution in [2.75, 3.05) is 13.7 Å². The van der Waals surface area contributed by atoms with Crippen molar-refractivity contribution in [3.63, 3.8) is 0 Å². The molecule has 1 amide bonds. The van der Waals surface area contributed by atoms with Crippen LogP contribution in [0.4, 0.5) is 0 Å². The molecule has 0 spiro atoms. The van der Waals surface area contributed by atoms with E-state index in [2.05, 4.69) is 28.4 Å². The average molecular weight is 455 g/mol. The Morgan fingerprint density at radius 3 is 2.28 bits per heavy atom. The van der Waals surface area contributed by atoms with Gasteiger partial charge < -0.3 is 15.3 Å². The maximum atomic E-state index is 13.3. The summed E-state index contributed by atoms with van der Waals surface area (Å²) >= 11 is 6.02. The number of aryl methyl sites for hydroxylation is 1. The van der Waals surface area contributed by atoms with Gasteiger partial charge in [-0.1, -0.05) is 29.8 Å². The highest BCUT2D eigenvalue weighted by Gasteiger charge is 2.39. The second-order valence-corrected chi connectivity index (χ2v) is 9.78. The molecule has 0 radical (unpaired) electrons. The van der Waals surface area contributed by atoms with E-state index < -0.39 is 0 Å². The third kappa shape index (κ3) is 5.54. The van der Waals surface area contributed by atoms with E-state index >= 15 is 0 Å². The van der Waals surface area contributed by atoms with E-state index in [0.29, 0.717) is 23.0 Å². The van der Waals surface area contributed by atoms with Crippen molar-refractivity contribution >= 4 is 17.5 Å². The molecule has 0 aliphatic heterocycles. The minimum atomic E-state index is 0.164. The predicted octanol–water partition coefficient (Wildman–Crippen LogP) is 5.32. The van der Waals surface area contributed by atoms with Crippen LogP contribution in [0.15, 0.2) is 42.5 Å². The van der Waals surface area contributed by atoms with Crippen LogP contribution in [0, 0.1) is 0 Å². The Bertz CT molecular complexity index is 902. The minimum Gasteiger partial charge on any atom is -0.396 e. The lowest BCUT2D eigenvalue weighted by molar-refractivity contribution is 0.0605. The lowest BCUT2D eigenvalue weighted by Crippen LogP contribution is -2.43. The van der Waals surface area contributed by atoms with Gasteiger partial charge in [0.2, 0.25) is 0 Å². The molecule has 2 aromatic rings. The number of carbonyl (C=O) groups is 1. The van der Waals surface area contributed by atoms with E-state index in [1.165, 1.54) is 16.7 Å². The second-order valence-electron chi connectivity index (χ2n) is 9.35. The minimum absolute atomic E-state index is 0.164. The molecule has 0 heterocycles. The van der Waals surface area contributed by atoms with Crippen molar-refractivity contribution in [2.45, 2.75) is 75.9 Å². The highest BCUT2D eigenvalue weighted by Crippen LogP contribution is 2.40. The zero-order valence-electron chi connectivity index (χ0n) is 19.0. The molecule has 2 N–H and O–H groups in total. The van der Waals surface area contributed by atoms with Gasteiger partial charge in [-0.2, -0.15) is 0 Å². The molecule has 2 aromatic carbocycles. The molecule has 0 bridgehead atoms. The normalized spacial score (nSPS) is 20.8. The van der Waals surface area contributed by atoms with E-state index in [4.69, 9.17) is 16.7 Å². The van der Waals surface area contributed by atoms with Crippen molar-refractivity contribution < 1.29 is 9.90 Å². The van der Waals surface area contributed by atoms with E-state index in [1.54, 1.807) is 0 Å². The highest BCUT2D eigenvalue weighted by atomic mass is 35.5. The lowest BCUT2D eigenvalue weighted by Gasteiger charge is -2.38. The molecule has 2 fully saturated rings. The Kier molecular flexibility index (Phi) is 7.88. The van der Waals surface area contributed by atoms with E-state index in [0.717, 1.165) is 63.5 Å². The van der Waals surface area contributed by atoms with Crippen LogP contribution in [0.3, 0.4) is 0 Å². The fourth-order valence-corrected chi connectivity index (χ4v) is 5.35. The predicted molar refractivity (Wildman–Crippen MR) is 130 cm³/mol. The Morgan fingerprint density at radius 1 is 1.03 bits per heavy atom. The number of carbonyl (C=O) groups excluding carboxylic acids is 1. The lowest BCUT2D eigenvalue weighted by atomic mass is 9.79. The smallest absolute Gasteiger partial charge is 0.254 e. The SMILES string of the molecule is CNCc1cc(CCCO)ccc1[C@H]1CC[C@H](N(C(=O)c2ccc(Cl)cc2)C2CC2)CC1. The monoisotopic (exact) mass is 454 g/mol. The van der Waals surface area contributed by atoms with Crippen molar-refractivity contribution in [1.82, 2.24) is 10.2 Å². The van der Waals surface area contributed by atoms with Crippen LogP contribution in [-0.4, -0.2) is 41.7 Å². The zero-order chi connectivity index (χ0) is 22.5. The fraction of sp³-hybridized carbons (Fsp3) is 0.519. The average Bonchev–Trinajstić information content (AvgIpc) is 3.64. The molecule has 2 aliphatic rings. The number of halogens is 1. The topological polar surface area (TPSA) is 52.6 Å². The first kappa shape index (κ1) is 23.3. The van der Waals surface area contributed by atoms with Gasteiger partial charge in [0.05, 0.1) is 0 Å². The van der Waals surface area contributed by atoms with Gasteiger partial charge in [0, 0.05) is 35.8 Å². The molecule has 4 nitrogen and oxygen atoms in total. The maximum Gasteiger partial charge on any atom is 0.254 e. The van der Waals surface area contributed by atoms with Crippen molar-refractivity contribution in [2.24, 2.45) is 0 Å². The van der Waals surface area contributed by atoms with Gasteiger partial charge in [-0.15, -0.1) is 0 Å². The third-order valence-corrected chi connectivity index (χ3v) is 7.25. The number of aliphatic hydroxyl groups is 1. The molecular formula is C27H35ClN2O2.